The van der Waals surface area contributed by atoms with Crippen molar-refractivity contribution in [1.29, 1.82) is 0 Å². The van der Waals surface area contributed by atoms with Gasteiger partial charge in [-0.1, -0.05) is 42.5 Å². The highest BCUT2D eigenvalue weighted by molar-refractivity contribution is 6.07. The van der Waals surface area contributed by atoms with E-state index in [0.717, 1.165) is 22.0 Å². The van der Waals surface area contributed by atoms with Crippen molar-refractivity contribution in [1.82, 2.24) is 0 Å². The van der Waals surface area contributed by atoms with Gasteiger partial charge in [0.05, 0.1) is 17.1 Å². The maximum Gasteiger partial charge on any atom is 0.323 e. The van der Waals surface area contributed by atoms with Crippen molar-refractivity contribution < 1.29 is 4.79 Å². The fourth-order valence-corrected chi connectivity index (χ4v) is 2.41. The lowest BCUT2D eigenvalue weighted by Gasteiger charge is -2.12. The van der Waals surface area contributed by atoms with E-state index in [1.54, 1.807) is 6.07 Å². The zero-order valence-corrected chi connectivity index (χ0v) is 12.3. The number of nitrogens with one attached hydrogen (secondary N) is 2. The summed E-state index contributed by atoms with van der Waals surface area (Å²) >= 11 is 0. The number of urea groups is 1. The number of nitrogen functional groups attached to an aromatic ring is 1. The Hall–Kier alpha value is -3.01. The molecule has 0 aliphatic rings. The highest BCUT2D eigenvalue weighted by Gasteiger charge is 2.07. The molecule has 3 rings (SSSR count). The van der Waals surface area contributed by atoms with E-state index in [-0.39, 0.29) is 6.03 Å². The van der Waals surface area contributed by atoms with Gasteiger partial charge in [-0.3, -0.25) is 0 Å². The van der Waals surface area contributed by atoms with Gasteiger partial charge in [-0.25, -0.2) is 4.79 Å². The molecule has 3 aromatic rings. The molecule has 22 heavy (non-hydrogen) atoms. The third-order valence-electron chi connectivity index (χ3n) is 3.49. The number of benzene rings is 3. The Balaban J connectivity index is 1.81. The SMILES string of the molecule is Cc1ccc(NC(=O)Nc2cccc3ccccc23)c(N)c1. The molecule has 0 bridgehead atoms. The molecule has 0 atom stereocenters. The van der Waals surface area contributed by atoms with Crippen LogP contribution in [0.1, 0.15) is 5.56 Å². The van der Waals surface area contributed by atoms with Crippen LogP contribution in [-0.4, -0.2) is 6.03 Å². The van der Waals surface area contributed by atoms with Crippen LogP contribution in [-0.2, 0) is 0 Å². The minimum Gasteiger partial charge on any atom is -0.397 e. The Labute approximate surface area is 129 Å². The molecule has 0 saturated carbocycles. The first kappa shape index (κ1) is 13.9. The number of hydrogen-bond acceptors (Lipinski definition) is 2. The quantitative estimate of drug-likeness (QED) is 0.613. The molecule has 0 aliphatic heterocycles. The smallest absolute Gasteiger partial charge is 0.323 e. The van der Waals surface area contributed by atoms with Gasteiger partial charge in [0.15, 0.2) is 0 Å². The van der Waals surface area contributed by atoms with Crippen LogP contribution >= 0.6 is 0 Å². The molecule has 0 unspecified atom stereocenters. The maximum atomic E-state index is 12.2. The first-order valence-electron chi connectivity index (χ1n) is 7.05. The molecule has 4 N–H and O–H groups in total. The summed E-state index contributed by atoms with van der Waals surface area (Å²) in [7, 11) is 0. The summed E-state index contributed by atoms with van der Waals surface area (Å²) in [5.41, 5.74) is 8.88. The number of anilines is 3. The zero-order valence-electron chi connectivity index (χ0n) is 12.3. The standard InChI is InChI=1S/C18H17N3O/c1-12-9-10-17(15(19)11-12)21-18(22)20-16-8-4-6-13-5-2-3-7-14(13)16/h2-11H,19H2,1H3,(H2,20,21,22). The average molecular weight is 291 g/mol. The Morgan fingerprint density at radius 2 is 1.64 bits per heavy atom. The molecule has 0 spiro atoms. The van der Waals surface area contributed by atoms with Gasteiger partial charge in [0.1, 0.15) is 0 Å². The molecular formula is C18H17N3O. The number of rotatable bonds is 2. The van der Waals surface area contributed by atoms with Crippen LogP contribution in [0.2, 0.25) is 0 Å². The van der Waals surface area contributed by atoms with Crippen LogP contribution in [0.5, 0.6) is 0 Å². The second kappa shape index (κ2) is 5.77. The topological polar surface area (TPSA) is 67.2 Å². The van der Waals surface area contributed by atoms with E-state index in [0.29, 0.717) is 11.4 Å². The molecule has 110 valence electrons. The summed E-state index contributed by atoms with van der Waals surface area (Å²) in [6.45, 7) is 1.95. The van der Waals surface area contributed by atoms with Crippen LogP contribution in [0, 0.1) is 6.92 Å². The largest absolute Gasteiger partial charge is 0.397 e. The first-order valence-corrected chi connectivity index (χ1v) is 7.05. The molecule has 2 amide bonds. The molecule has 0 radical (unpaired) electrons. The molecule has 0 heterocycles. The van der Waals surface area contributed by atoms with Crippen LogP contribution in [0.3, 0.4) is 0 Å². The predicted octanol–water partition coefficient (Wildman–Crippen LogP) is 4.37. The lowest BCUT2D eigenvalue weighted by atomic mass is 10.1. The van der Waals surface area contributed by atoms with Crippen LogP contribution < -0.4 is 16.4 Å². The third-order valence-corrected chi connectivity index (χ3v) is 3.49. The van der Waals surface area contributed by atoms with E-state index < -0.39 is 0 Å². The van der Waals surface area contributed by atoms with Gasteiger partial charge >= 0.3 is 6.03 Å². The van der Waals surface area contributed by atoms with E-state index in [2.05, 4.69) is 10.6 Å². The minimum absolute atomic E-state index is 0.313. The number of hydrogen-bond donors (Lipinski definition) is 3. The molecule has 0 saturated heterocycles. The van der Waals surface area contributed by atoms with Gasteiger partial charge in [-0.15, -0.1) is 0 Å². The summed E-state index contributed by atoms with van der Waals surface area (Å²) in [5.74, 6) is 0. The van der Waals surface area contributed by atoms with Gasteiger partial charge in [0, 0.05) is 5.39 Å². The molecule has 3 aromatic carbocycles. The fourth-order valence-electron chi connectivity index (χ4n) is 2.41. The van der Waals surface area contributed by atoms with E-state index in [1.165, 1.54) is 0 Å². The van der Waals surface area contributed by atoms with Gasteiger partial charge in [0.2, 0.25) is 0 Å². The first-order chi connectivity index (χ1) is 10.6. The van der Waals surface area contributed by atoms with Crippen molar-refractivity contribution in [3.63, 3.8) is 0 Å². The normalized spacial score (nSPS) is 10.4. The maximum absolute atomic E-state index is 12.2. The van der Waals surface area contributed by atoms with Crippen LogP contribution in [0.15, 0.2) is 60.7 Å². The predicted molar refractivity (Wildman–Crippen MR) is 92.2 cm³/mol. The lowest BCUT2D eigenvalue weighted by molar-refractivity contribution is 0.262. The highest BCUT2D eigenvalue weighted by atomic mass is 16.2. The van der Waals surface area contributed by atoms with Crippen molar-refractivity contribution in [3.8, 4) is 0 Å². The third kappa shape index (κ3) is 2.86. The molecule has 4 heteroatoms. The number of aryl methyl sites for hydroxylation is 1. The number of carbonyl (C=O) groups is 1. The number of fused-ring (bicyclic) bond motifs is 1. The van der Waals surface area contributed by atoms with E-state index in [9.17, 15) is 4.79 Å². The van der Waals surface area contributed by atoms with E-state index >= 15 is 0 Å². The second-order valence-electron chi connectivity index (χ2n) is 5.20. The van der Waals surface area contributed by atoms with Crippen molar-refractivity contribution in [3.05, 3.63) is 66.2 Å². The highest BCUT2D eigenvalue weighted by Crippen LogP contribution is 2.24. The summed E-state index contributed by atoms with van der Waals surface area (Å²) in [5, 5.41) is 7.72. The molecule has 0 fully saturated rings. The monoisotopic (exact) mass is 291 g/mol. The van der Waals surface area contributed by atoms with E-state index in [4.69, 9.17) is 5.73 Å². The number of amides is 2. The Kier molecular flexibility index (Phi) is 3.66. The van der Waals surface area contributed by atoms with Crippen molar-refractivity contribution >= 4 is 33.9 Å². The summed E-state index contributed by atoms with van der Waals surface area (Å²) < 4.78 is 0. The summed E-state index contributed by atoms with van der Waals surface area (Å²) in [6, 6.07) is 18.9. The van der Waals surface area contributed by atoms with Crippen molar-refractivity contribution in [2.24, 2.45) is 0 Å². The lowest BCUT2D eigenvalue weighted by Crippen LogP contribution is -2.20. The molecule has 0 aromatic heterocycles. The molecular weight excluding hydrogens is 274 g/mol. The van der Waals surface area contributed by atoms with Gasteiger partial charge in [0.25, 0.3) is 0 Å². The van der Waals surface area contributed by atoms with Crippen LogP contribution in [0.25, 0.3) is 10.8 Å². The molecule has 0 aliphatic carbocycles. The van der Waals surface area contributed by atoms with Crippen molar-refractivity contribution in [2.75, 3.05) is 16.4 Å². The Bertz CT molecular complexity index is 837. The average Bonchev–Trinajstić information content (AvgIpc) is 2.50. The van der Waals surface area contributed by atoms with Gasteiger partial charge in [-0.2, -0.15) is 0 Å². The second-order valence-corrected chi connectivity index (χ2v) is 5.20. The van der Waals surface area contributed by atoms with Crippen molar-refractivity contribution in [2.45, 2.75) is 6.92 Å². The summed E-state index contributed by atoms with van der Waals surface area (Å²) in [4.78, 5) is 12.2. The number of carbonyl (C=O) groups excluding carboxylic acids is 1. The summed E-state index contributed by atoms with van der Waals surface area (Å²) in [6.07, 6.45) is 0. The Morgan fingerprint density at radius 1 is 0.909 bits per heavy atom. The van der Waals surface area contributed by atoms with Gasteiger partial charge in [-0.05, 0) is 36.1 Å². The fraction of sp³-hybridized carbons (Fsp3) is 0.0556. The molecule has 4 nitrogen and oxygen atoms in total. The Morgan fingerprint density at radius 3 is 2.45 bits per heavy atom. The van der Waals surface area contributed by atoms with Crippen LogP contribution in [0.4, 0.5) is 21.9 Å². The minimum atomic E-state index is -0.313. The van der Waals surface area contributed by atoms with E-state index in [1.807, 2.05) is 61.5 Å². The number of nitrogens with two attached hydrogens (primary N) is 1. The zero-order chi connectivity index (χ0) is 15.5. The van der Waals surface area contributed by atoms with Gasteiger partial charge < -0.3 is 16.4 Å².